The van der Waals surface area contributed by atoms with Gasteiger partial charge in [-0.15, -0.1) is 0 Å². The van der Waals surface area contributed by atoms with Gasteiger partial charge in [0.05, 0.1) is 12.5 Å². The maximum absolute atomic E-state index is 6.04. The average molecular weight is 674 g/mol. The van der Waals surface area contributed by atoms with E-state index in [2.05, 4.69) is 124 Å². The Kier molecular flexibility index (Phi) is 9.54. The fraction of sp³-hybridized carbons (Fsp3) is 0.174. The number of hydrogen-bond donors (Lipinski definition) is 0. The van der Waals surface area contributed by atoms with Crippen LogP contribution in [0.25, 0.3) is 0 Å². The van der Waals surface area contributed by atoms with Crippen LogP contribution < -0.4 is 14.4 Å². The summed E-state index contributed by atoms with van der Waals surface area (Å²) in [5.74, 6) is 3.14. The lowest BCUT2D eigenvalue weighted by molar-refractivity contribution is 0.270. The van der Waals surface area contributed by atoms with Crippen LogP contribution in [-0.2, 0) is 18.6 Å². The first kappa shape index (κ1) is 33.6. The van der Waals surface area contributed by atoms with Gasteiger partial charge in [0, 0.05) is 22.5 Å². The molecule has 0 aliphatic carbocycles. The summed E-state index contributed by atoms with van der Waals surface area (Å²) in [6.45, 7) is 11.7. The van der Waals surface area contributed by atoms with E-state index < -0.39 is 5.41 Å². The molecular formula is C46H43NO4. The van der Waals surface area contributed by atoms with Gasteiger partial charge in [0.15, 0.2) is 0 Å². The summed E-state index contributed by atoms with van der Waals surface area (Å²) in [5.41, 5.74) is 11.3. The summed E-state index contributed by atoms with van der Waals surface area (Å²) in [4.78, 5) is 2.36. The number of nitrogens with zero attached hydrogens (tertiary/aromatic N) is 1. The summed E-state index contributed by atoms with van der Waals surface area (Å²) < 4.78 is 23.0. The topological polar surface area (TPSA) is 48.0 Å². The molecule has 2 heterocycles. The molecule has 51 heavy (non-hydrogen) atoms. The SMILES string of the molecule is Cc1cc(C)cc(N(c2ccc(C(C)(c3ccc(OCc4ccco4)cc3)c3ccc(OCc4ccco4)cc3)cc2)c2cc(C)cc(C)c2)c1. The number of benzene rings is 5. The van der Waals surface area contributed by atoms with Gasteiger partial charge in [-0.2, -0.15) is 0 Å². The van der Waals surface area contributed by atoms with Crippen molar-refractivity contribution in [3.8, 4) is 11.5 Å². The summed E-state index contributed by atoms with van der Waals surface area (Å²) >= 11 is 0. The highest BCUT2D eigenvalue weighted by Gasteiger charge is 2.32. The van der Waals surface area contributed by atoms with Crippen LogP contribution >= 0.6 is 0 Å². The molecule has 0 saturated heterocycles. The van der Waals surface area contributed by atoms with E-state index in [0.717, 1.165) is 51.2 Å². The van der Waals surface area contributed by atoms with Crippen LogP contribution in [0.3, 0.4) is 0 Å². The van der Waals surface area contributed by atoms with Gasteiger partial charge < -0.3 is 23.2 Å². The van der Waals surface area contributed by atoms with Gasteiger partial charge in [-0.05, 0) is 158 Å². The molecule has 0 aliphatic heterocycles. The summed E-state index contributed by atoms with van der Waals surface area (Å²) in [7, 11) is 0. The van der Waals surface area contributed by atoms with Gasteiger partial charge in [0.1, 0.15) is 36.2 Å². The lowest BCUT2D eigenvalue weighted by atomic mass is 9.71. The molecule has 2 aromatic heterocycles. The number of aryl methyl sites for hydroxylation is 4. The number of furan rings is 2. The normalized spacial score (nSPS) is 11.4. The van der Waals surface area contributed by atoms with Crippen LogP contribution in [-0.4, -0.2) is 0 Å². The molecule has 0 atom stereocenters. The van der Waals surface area contributed by atoms with E-state index >= 15 is 0 Å². The molecule has 256 valence electrons. The van der Waals surface area contributed by atoms with Crippen molar-refractivity contribution >= 4 is 17.1 Å². The third-order valence-electron chi connectivity index (χ3n) is 9.42. The van der Waals surface area contributed by atoms with Gasteiger partial charge in [-0.3, -0.25) is 0 Å². The quantitative estimate of drug-likeness (QED) is 0.121. The van der Waals surface area contributed by atoms with E-state index in [1.807, 2.05) is 48.5 Å². The van der Waals surface area contributed by atoms with Gasteiger partial charge >= 0.3 is 0 Å². The maximum Gasteiger partial charge on any atom is 0.146 e. The van der Waals surface area contributed by atoms with Crippen molar-refractivity contribution in [1.29, 1.82) is 0 Å². The second kappa shape index (κ2) is 14.5. The summed E-state index contributed by atoms with van der Waals surface area (Å²) in [5, 5.41) is 0. The third-order valence-corrected chi connectivity index (χ3v) is 9.42. The van der Waals surface area contributed by atoms with Gasteiger partial charge in [0.25, 0.3) is 0 Å². The second-order valence-electron chi connectivity index (χ2n) is 13.5. The largest absolute Gasteiger partial charge is 0.486 e. The number of anilines is 3. The van der Waals surface area contributed by atoms with Crippen molar-refractivity contribution in [2.24, 2.45) is 0 Å². The van der Waals surface area contributed by atoms with Crippen LogP contribution in [0.15, 0.2) is 155 Å². The smallest absolute Gasteiger partial charge is 0.146 e. The van der Waals surface area contributed by atoms with E-state index in [9.17, 15) is 0 Å². The van der Waals surface area contributed by atoms with Gasteiger partial charge in [-0.1, -0.05) is 48.5 Å². The standard InChI is InChI=1S/C46H43NO4/c1-32-24-33(2)27-40(26-32)47(41-28-34(3)25-35(4)29-41)39-16-10-36(11-17-39)46(5,37-12-18-42(19-13-37)50-30-44-8-6-22-48-44)38-14-20-43(21-15-38)51-31-45-9-7-23-49-45/h6-29H,30-31H2,1-5H3. The zero-order valence-corrected chi connectivity index (χ0v) is 29.9. The maximum atomic E-state index is 6.04. The Morgan fingerprint density at radius 2 is 0.843 bits per heavy atom. The van der Waals surface area contributed by atoms with E-state index in [4.69, 9.17) is 18.3 Å². The van der Waals surface area contributed by atoms with E-state index in [0.29, 0.717) is 13.2 Å². The van der Waals surface area contributed by atoms with E-state index in [1.165, 1.54) is 27.8 Å². The predicted octanol–water partition coefficient (Wildman–Crippen LogP) is 12.1. The molecule has 0 fully saturated rings. The number of rotatable bonds is 12. The molecule has 5 aromatic carbocycles. The fourth-order valence-corrected chi connectivity index (χ4v) is 6.92. The Morgan fingerprint density at radius 1 is 0.471 bits per heavy atom. The van der Waals surface area contributed by atoms with Crippen LogP contribution in [0.1, 0.15) is 57.4 Å². The summed E-state index contributed by atoms with van der Waals surface area (Å²) in [6.07, 6.45) is 3.32. The minimum absolute atomic E-state index is 0.377. The minimum atomic E-state index is -0.484. The second-order valence-corrected chi connectivity index (χ2v) is 13.5. The van der Waals surface area contributed by atoms with Crippen LogP contribution in [0.5, 0.6) is 11.5 Å². The first-order valence-electron chi connectivity index (χ1n) is 17.3. The lowest BCUT2D eigenvalue weighted by Crippen LogP contribution is -2.25. The van der Waals surface area contributed by atoms with Crippen molar-refractivity contribution in [3.63, 3.8) is 0 Å². The first-order chi connectivity index (χ1) is 24.7. The highest BCUT2D eigenvalue weighted by atomic mass is 16.5. The van der Waals surface area contributed by atoms with Crippen molar-refractivity contribution in [3.05, 3.63) is 196 Å². The molecule has 0 aliphatic rings. The highest BCUT2D eigenvalue weighted by Crippen LogP contribution is 2.42. The third kappa shape index (κ3) is 7.48. The molecule has 7 aromatic rings. The molecule has 0 N–H and O–H groups in total. The van der Waals surface area contributed by atoms with Crippen molar-refractivity contribution in [2.45, 2.75) is 53.2 Å². The Balaban J connectivity index is 1.26. The molecule has 0 spiro atoms. The average Bonchev–Trinajstić information content (AvgIpc) is 3.85. The number of hydrogen-bond acceptors (Lipinski definition) is 5. The van der Waals surface area contributed by atoms with Crippen LogP contribution in [0.4, 0.5) is 17.1 Å². The molecule has 0 radical (unpaired) electrons. The molecule has 5 heteroatoms. The van der Waals surface area contributed by atoms with Crippen molar-refractivity contribution in [2.75, 3.05) is 4.90 Å². The monoisotopic (exact) mass is 673 g/mol. The molecular weight excluding hydrogens is 631 g/mol. The van der Waals surface area contributed by atoms with Crippen molar-refractivity contribution in [1.82, 2.24) is 0 Å². The Morgan fingerprint density at radius 3 is 1.20 bits per heavy atom. The molecule has 0 unspecified atom stereocenters. The highest BCUT2D eigenvalue weighted by molar-refractivity contribution is 5.78. The van der Waals surface area contributed by atoms with E-state index in [1.54, 1.807) is 12.5 Å². The zero-order valence-electron chi connectivity index (χ0n) is 29.9. The first-order valence-corrected chi connectivity index (χ1v) is 17.3. The predicted molar refractivity (Wildman–Crippen MR) is 205 cm³/mol. The lowest BCUT2D eigenvalue weighted by Gasteiger charge is -2.33. The summed E-state index contributed by atoms with van der Waals surface area (Å²) in [6, 6.07) is 46.8. The molecule has 0 amide bonds. The van der Waals surface area contributed by atoms with Gasteiger partial charge in [0.2, 0.25) is 0 Å². The Bertz CT molecular complexity index is 2010. The van der Waals surface area contributed by atoms with Crippen molar-refractivity contribution < 1.29 is 18.3 Å². The van der Waals surface area contributed by atoms with Crippen LogP contribution in [0.2, 0.25) is 0 Å². The molecule has 5 nitrogen and oxygen atoms in total. The molecule has 0 bridgehead atoms. The Hall–Kier alpha value is -5.94. The van der Waals surface area contributed by atoms with Crippen LogP contribution in [0, 0.1) is 27.7 Å². The van der Waals surface area contributed by atoms with E-state index in [-0.39, 0.29) is 0 Å². The Labute approximate surface area is 300 Å². The molecule has 0 saturated carbocycles. The van der Waals surface area contributed by atoms with Gasteiger partial charge in [-0.25, -0.2) is 0 Å². The molecule has 7 rings (SSSR count). The fourth-order valence-electron chi connectivity index (χ4n) is 6.92. The number of ether oxygens (including phenoxy) is 2. The zero-order chi connectivity index (χ0) is 35.4. The minimum Gasteiger partial charge on any atom is -0.486 e.